The first-order chi connectivity index (χ1) is 41.9. The van der Waals surface area contributed by atoms with Gasteiger partial charge >= 0.3 is 0 Å². The molecule has 0 radical (unpaired) electrons. The molecule has 1 spiro atoms. The van der Waals surface area contributed by atoms with Crippen molar-refractivity contribution in [3.63, 3.8) is 0 Å². The van der Waals surface area contributed by atoms with E-state index < -0.39 is 5.41 Å². The Balaban J connectivity index is 0.938. The summed E-state index contributed by atoms with van der Waals surface area (Å²) in [7, 11) is 0. The van der Waals surface area contributed by atoms with Crippen molar-refractivity contribution in [2.45, 2.75) is 24.7 Å². The molecule has 16 rings (SSSR count). The monoisotopic (exact) mass is 1090 g/mol. The molecule has 0 amide bonds. The van der Waals surface area contributed by atoms with E-state index in [2.05, 4.69) is 350 Å². The van der Waals surface area contributed by atoms with Gasteiger partial charge in [-0.15, -0.1) is 0 Å². The molecule has 3 nitrogen and oxygen atoms in total. The zero-order valence-corrected chi connectivity index (χ0v) is 47.4. The summed E-state index contributed by atoms with van der Waals surface area (Å²) in [5, 5.41) is 0. The lowest BCUT2D eigenvalue weighted by molar-refractivity contribution is 0.632. The Morgan fingerprint density at radius 2 is 0.635 bits per heavy atom. The third kappa shape index (κ3) is 7.95. The summed E-state index contributed by atoms with van der Waals surface area (Å²) in [5.41, 5.74) is 29.0. The van der Waals surface area contributed by atoms with Gasteiger partial charge in [0.15, 0.2) is 0 Å². The molecule has 1 atom stereocenters. The Morgan fingerprint density at radius 3 is 1.16 bits per heavy atom. The van der Waals surface area contributed by atoms with Crippen molar-refractivity contribution < 1.29 is 0 Å². The van der Waals surface area contributed by atoms with Crippen LogP contribution in [-0.4, -0.2) is 0 Å². The van der Waals surface area contributed by atoms with Gasteiger partial charge in [-0.3, -0.25) is 0 Å². The Hall–Kier alpha value is -10.7. The first-order valence-electron chi connectivity index (χ1n) is 29.6. The molecule has 13 aromatic rings. The SMILES string of the molecule is CC1(C)c2ccccc2N(c2ccc3c(c2)C2(c4ccccc4-3)c3ccccc3-c3c(-c4cc(N(c5ccccc5)c5ccc(-c6ccccc6)cc5)cc(N(c5ccccc5)c5ccc(-c6ccccc6)cc5)c4)cccc32)c2ccccc21. The number of rotatable bonds is 10. The van der Waals surface area contributed by atoms with Gasteiger partial charge < -0.3 is 14.7 Å². The second kappa shape index (κ2) is 20.0. The first-order valence-corrected chi connectivity index (χ1v) is 29.6. The van der Waals surface area contributed by atoms with E-state index in [1.807, 2.05) is 0 Å². The van der Waals surface area contributed by atoms with Gasteiger partial charge in [0.05, 0.1) is 16.8 Å². The summed E-state index contributed by atoms with van der Waals surface area (Å²) in [6.45, 7) is 4.73. The van der Waals surface area contributed by atoms with Crippen LogP contribution in [0.2, 0.25) is 0 Å². The van der Waals surface area contributed by atoms with Gasteiger partial charge in [-0.2, -0.15) is 0 Å². The standard InChI is InChI=1S/C82H59N3/c1-81(2)74-37-19-21-40-78(74)85(79-41-22-20-38-75(79)81)65-50-51-70-69-32-15-17-35-72(69)82(77(70)55-65)73-36-18-16-33-71(73)80-68(34-23-39-76(80)82)60-52-66(83(61-28-11-5-12-29-61)63-46-42-58(43-47-63)56-24-7-3-8-25-56)54-67(53-60)84(62-30-13-6-14-31-62)64-48-44-59(45-49-64)57-26-9-4-10-27-57/h3-55H,1-2H3. The van der Waals surface area contributed by atoms with Crippen LogP contribution in [-0.2, 0) is 10.8 Å². The van der Waals surface area contributed by atoms with E-state index in [0.717, 1.165) is 45.4 Å². The smallest absolute Gasteiger partial charge is 0.0726 e. The van der Waals surface area contributed by atoms with Crippen molar-refractivity contribution in [2.24, 2.45) is 0 Å². The second-order valence-electron chi connectivity index (χ2n) is 23.2. The second-order valence-corrected chi connectivity index (χ2v) is 23.2. The van der Waals surface area contributed by atoms with Crippen LogP contribution < -0.4 is 14.7 Å². The molecule has 0 saturated carbocycles. The average Bonchev–Trinajstić information content (AvgIpc) is 1.56. The van der Waals surface area contributed by atoms with Crippen molar-refractivity contribution in [3.05, 3.63) is 355 Å². The Morgan fingerprint density at radius 1 is 0.247 bits per heavy atom. The summed E-state index contributed by atoms with van der Waals surface area (Å²) in [5.74, 6) is 0. The van der Waals surface area contributed by atoms with E-state index in [-0.39, 0.29) is 5.41 Å². The zero-order valence-electron chi connectivity index (χ0n) is 47.4. The summed E-state index contributed by atoms with van der Waals surface area (Å²) < 4.78 is 0. The minimum atomic E-state index is -0.619. The minimum Gasteiger partial charge on any atom is -0.310 e. The molecule has 402 valence electrons. The highest BCUT2D eigenvalue weighted by atomic mass is 15.2. The van der Waals surface area contributed by atoms with E-state index in [1.165, 1.54) is 94.8 Å². The number of anilines is 9. The molecule has 2 aliphatic carbocycles. The molecule has 1 heterocycles. The van der Waals surface area contributed by atoms with Gasteiger partial charge in [0.2, 0.25) is 0 Å². The van der Waals surface area contributed by atoms with Crippen molar-refractivity contribution in [1.29, 1.82) is 0 Å². The molecular weight excluding hydrogens is 1030 g/mol. The van der Waals surface area contributed by atoms with Gasteiger partial charge in [0.25, 0.3) is 0 Å². The van der Waals surface area contributed by atoms with Gasteiger partial charge in [0.1, 0.15) is 0 Å². The maximum absolute atomic E-state index is 2.53. The summed E-state index contributed by atoms with van der Waals surface area (Å²) >= 11 is 0. The Bertz CT molecular complexity index is 4470. The van der Waals surface area contributed by atoms with E-state index in [4.69, 9.17) is 0 Å². The third-order valence-corrected chi connectivity index (χ3v) is 18.2. The van der Waals surface area contributed by atoms with Crippen LogP contribution in [0.1, 0.15) is 47.2 Å². The molecule has 0 saturated heterocycles. The molecule has 0 bridgehead atoms. The molecule has 0 N–H and O–H groups in total. The van der Waals surface area contributed by atoms with Crippen molar-refractivity contribution in [3.8, 4) is 55.6 Å². The number of fused-ring (bicyclic) bond motifs is 12. The molecule has 1 aliphatic heterocycles. The highest BCUT2D eigenvalue weighted by Crippen LogP contribution is 2.65. The van der Waals surface area contributed by atoms with Gasteiger partial charge in [-0.25, -0.2) is 0 Å². The molecule has 13 aromatic carbocycles. The number of nitrogens with zero attached hydrogens (tertiary/aromatic N) is 3. The number of benzene rings is 13. The first kappa shape index (κ1) is 50.0. The maximum atomic E-state index is 2.53. The Labute approximate surface area is 498 Å². The zero-order chi connectivity index (χ0) is 56.6. The third-order valence-electron chi connectivity index (χ3n) is 18.2. The van der Waals surface area contributed by atoms with Crippen molar-refractivity contribution >= 4 is 51.2 Å². The predicted octanol–water partition coefficient (Wildman–Crippen LogP) is 22.1. The van der Waals surface area contributed by atoms with Crippen LogP contribution in [0.25, 0.3) is 55.6 Å². The highest BCUT2D eigenvalue weighted by Gasteiger charge is 2.52. The predicted molar refractivity (Wildman–Crippen MR) is 355 cm³/mol. The van der Waals surface area contributed by atoms with E-state index in [1.54, 1.807) is 0 Å². The van der Waals surface area contributed by atoms with Crippen LogP contribution >= 0.6 is 0 Å². The fourth-order valence-electron chi connectivity index (χ4n) is 14.4. The van der Waals surface area contributed by atoms with Crippen LogP contribution in [0.4, 0.5) is 51.2 Å². The van der Waals surface area contributed by atoms with Crippen molar-refractivity contribution in [2.75, 3.05) is 14.7 Å². The van der Waals surface area contributed by atoms with Gasteiger partial charge in [-0.05, 0) is 180 Å². The maximum Gasteiger partial charge on any atom is 0.0726 e. The van der Waals surface area contributed by atoms with Crippen LogP contribution in [0, 0.1) is 0 Å². The largest absolute Gasteiger partial charge is 0.310 e. The van der Waals surface area contributed by atoms with Crippen molar-refractivity contribution in [1.82, 2.24) is 0 Å². The average molecular weight is 1090 g/mol. The molecular formula is C82H59N3. The number of para-hydroxylation sites is 4. The molecule has 0 aromatic heterocycles. The lowest BCUT2D eigenvalue weighted by atomic mass is 9.70. The molecule has 1 unspecified atom stereocenters. The summed E-state index contributed by atoms with van der Waals surface area (Å²) in [6, 6.07) is 119. The Kier molecular flexibility index (Phi) is 11.8. The summed E-state index contributed by atoms with van der Waals surface area (Å²) in [4.78, 5) is 7.36. The van der Waals surface area contributed by atoms with Gasteiger partial charge in [0, 0.05) is 45.2 Å². The highest BCUT2D eigenvalue weighted by molar-refractivity contribution is 6.02. The topological polar surface area (TPSA) is 9.72 Å². The molecule has 3 heteroatoms. The molecule has 85 heavy (non-hydrogen) atoms. The molecule has 0 fully saturated rings. The van der Waals surface area contributed by atoms with Crippen LogP contribution in [0.3, 0.4) is 0 Å². The lowest BCUT2D eigenvalue weighted by Gasteiger charge is -2.42. The van der Waals surface area contributed by atoms with E-state index >= 15 is 0 Å². The lowest BCUT2D eigenvalue weighted by Crippen LogP contribution is -2.31. The van der Waals surface area contributed by atoms with Crippen LogP contribution in [0.15, 0.2) is 322 Å². The summed E-state index contributed by atoms with van der Waals surface area (Å²) in [6.07, 6.45) is 0. The quantitative estimate of drug-likeness (QED) is 0.135. The van der Waals surface area contributed by atoms with E-state index in [9.17, 15) is 0 Å². The normalized spacial score (nSPS) is 14.6. The fraction of sp³-hybridized carbons (Fsp3) is 0.0488. The number of hydrogen-bond acceptors (Lipinski definition) is 3. The fourth-order valence-corrected chi connectivity index (χ4v) is 14.4. The molecule has 3 aliphatic rings. The minimum absolute atomic E-state index is 0.176. The van der Waals surface area contributed by atoms with E-state index in [0.29, 0.717) is 0 Å². The van der Waals surface area contributed by atoms with Gasteiger partial charge in [-0.1, -0.05) is 244 Å². The number of hydrogen-bond donors (Lipinski definition) is 0. The van der Waals surface area contributed by atoms with Crippen LogP contribution in [0.5, 0.6) is 0 Å².